The van der Waals surface area contributed by atoms with Gasteiger partial charge < -0.3 is 59.1 Å². The SMILES string of the molecule is C[C@H]1O[C@@H](O[C@H]2CC[C@]3(C=O)[C@H]4CC[C@]5(C)[C@@H](C6=CC(=O)OC6)CC[C@]5(O)[C@@H]4CC[C@]3(O)C2)C[C@H](O)[C@@H]1O[C@H]1OC[C@@H](O)[C@H](O)[C@H]1O. The molecule has 0 amide bonds. The summed E-state index contributed by atoms with van der Waals surface area (Å²) in [7, 11) is 0. The Hall–Kier alpha value is -1.52. The highest BCUT2D eigenvalue weighted by atomic mass is 16.7. The van der Waals surface area contributed by atoms with Crippen molar-refractivity contribution in [3.8, 4) is 0 Å². The zero-order valence-corrected chi connectivity index (χ0v) is 27.1. The molecule has 0 unspecified atom stereocenters. The van der Waals surface area contributed by atoms with E-state index in [0.29, 0.717) is 44.9 Å². The van der Waals surface area contributed by atoms with E-state index < -0.39 is 77.3 Å². The predicted molar refractivity (Wildman–Crippen MR) is 160 cm³/mol. The third-order valence-corrected chi connectivity index (χ3v) is 13.6. The van der Waals surface area contributed by atoms with Crippen LogP contribution >= 0.6 is 0 Å². The maximum Gasteiger partial charge on any atom is 0.331 e. The van der Waals surface area contributed by atoms with Gasteiger partial charge in [-0.2, -0.15) is 0 Å². The van der Waals surface area contributed by atoms with Gasteiger partial charge >= 0.3 is 5.97 Å². The molecule has 0 aromatic carbocycles. The molecule has 2 saturated heterocycles. The summed E-state index contributed by atoms with van der Waals surface area (Å²) in [5.41, 5.74) is -2.86. The largest absolute Gasteiger partial charge is 0.458 e. The first kappa shape index (κ1) is 34.0. The van der Waals surface area contributed by atoms with E-state index in [9.17, 15) is 40.2 Å². The van der Waals surface area contributed by atoms with Crippen LogP contribution in [-0.4, -0.2) is 123 Å². The van der Waals surface area contributed by atoms with Crippen molar-refractivity contribution in [2.45, 2.75) is 145 Å². The van der Waals surface area contributed by atoms with Crippen LogP contribution in [0.2, 0.25) is 0 Å². The summed E-state index contributed by atoms with van der Waals surface area (Å²) < 4.78 is 28.7. The number of aldehydes is 1. The highest BCUT2D eigenvalue weighted by Crippen LogP contribution is 2.70. The highest BCUT2D eigenvalue weighted by molar-refractivity contribution is 5.85. The molecular formula is C34H50O13. The first-order valence-electron chi connectivity index (χ1n) is 17.3. The van der Waals surface area contributed by atoms with Gasteiger partial charge in [-0.3, -0.25) is 0 Å². The smallest absolute Gasteiger partial charge is 0.331 e. The minimum atomic E-state index is -1.50. The van der Waals surface area contributed by atoms with Gasteiger partial charge in [-0.05, 0) is 81.6 Å². The van der Waals surface area contributed by atoms with Crippen LogP contribution in [0.3, 0.4) is 0 Å². The maximum atomic E-state index is 13.1. The first-order chi connectivity index (χ1) is 22.2. The number of carbonyl (C=O) groups is 2. The second-order valence-corrected chi connectivity index (χ2v) is 15.7. The Morgan fingerprint density at radius 2 is 1.70 bits per heavy atom. The molecule has 6 fully saturated rings. The summed E-state index contributed by atoms with van der Waals surface area (Å²) in [5, 5.41) is 65.7. The van der Waals surface area contributed by atoms with Crippen molar-refractivity contribution < 1.29 is 63.9 Å². The standard InChI is InChI=1S/C34H50O13/c1-17-29(47-30-28(40)27(39)24(37)15-44-30)23(36)12-26(45-17)46-19-3-8-32(16-35)21-4-7-31(2)20(18-11-25(38)43-14-18)6-10-34(31,42)22(21)5-9-33(32,41)13-19/h11,16-17,19-24,26-30,36-37,39-42H,3-10,12-15H2,1-2H3/t17-,19+,20-,21+,22-,23+,24-,26+,27+,28-,29-,30-,31-,32+,33+,34+/m1/s1. The fourth-order valence-electron chi connectivity index (χ4n) is 11.0. The molecule has 3 heterocycles. The fourth-order valence-corrected chi connectivity index (χ4v) is 11.0. The zero-order chi connectivity index (χ0) is 33.5. The lowest BCUT2D eigenvalue weighted by atomic mass is 9.41. The Kier molecular flexibility index (Phi) is 8.72. The number of cyclic esters (lactones) is 1. The molecule has 16 atom stereocenters. The molecule has 6 N–H and O–H groups in total. The Labute approximate surface area is 274 Å². The first-order valence-corrected chi connectivity index (χ1v) is 17.3. The van der Waals surface area contributed by atoms with Gasteiger partial charge in [-0.15, -0.1) is 0 Å². The molecule has 7 aliphatic rings. The van der Waals surface area contributed by atoms with Crippen molar-refractivity contribution in [1.29, 1.82) is 0 Å². The number of fused-ring (bicyclic) bond motifs is 5. The van der Waals surface area contributed by atoms with Gasteiger partial charge in [0.2, 0.25) is 0 Å². The zero-order valence-electron chi connectivity index (χ0n) is 27.1. The molecule has 47 heavy (non-hydrogen) atoms. The minimum absolute atomic E-state index is 0.0370. The predicted octanol–water partition coefficient (Wildman–Crippen LogP) is 0.243. The third kappa shape index (κ3) is 5.18. The van der Waals surface area contributed by atoms with Crippen molar-refractivity contribution in [2.24, 2.45) is 28.6 Å². The second-order valence-electron chi connectivity index (χ2n) is 15.7. The van der Waals surface area contributed by atoms with E-state index >= 15 is 0 Å². The summed E-state index contributed by atoms with van der Waals surface area (Å²) in [6, 6.07) is 0. The van der Waals surface area contributed by atoms with Gasteiger partial charge in [0, 0.05) is 24.3 Å². The minimum Gasteiger partial charge on any atom is -0.458 e. The van der Waals surface area contributed by atoms with E-state index in [-0.39, 0.29) is 49.8 Å². The van der Waals surface area contributed by atoms with Gasteiger partial charge in [0.25, 0.3) is 0 Å². The molecule has 13 heteroatoms. The normalized spacial score (nSPS) is 54.6. The van der Waals surface area contributed by atoms with Crippen molar-refractivity contribution in [3.63, 3.8) is 0 Å². The monoisotopic (exact) mass is 666 g/mol. The Morgan fingerprint density at radius 1 is 0.936 bits per heavy atom. The van der Waals surface area contributed by atoms with Crippen molar-refractivity contribution in [1.82, 2.24) is 0 Å². The van der Waals surface area contributed by atoms with Gasteiger partial charge in [-0.1, -0.05) is 6.92 Å². The van der Waals surface area contributed by atoms with E-state index in [2.05, 4.69) is 6.92 Å². The summed E-state index contributed by atoms with van der Waals surface area (Å²) in [6.07, 6.45) is -1.89. The Morgan fingerprint density at radius 3 is 2.40 bits per heavy atom. The number of aliphatic hydroxyl groups excluding tert-OH is 4. The molecular weight excluding hydrogens is 616 g/mol. The van der Waals surface area contributed by atoms with Crippen molar-refractivity contribution >= 4 is 12.3 Å². The van der Waals surface area contributed by atoms with E-state index in [1.165, 1.54) is 0 Å². The number of hydrogen-bond acceptors (Lipinski definition) is 13. The van der Waals surface area contributed by atoms with Crippen LogP contribution in [0.4, 0.5) is 0 Å². The topological polar surface area (TPSA) is 202 Å². The second kappa shape index (κ2) is 12.1. The van der Waals surface area contributed by atoms with Crippen molar-refractivity contribution in [2.75, 3.05) is 13.2 Å². The molecule has 0 radical (unpaired) electrons. The van der Waals surface area contributed by atoms with Gasteiger partial charge in [0.05, 0.1) is 41.5 Å². The van der Waals surface area contributed by atoms with Crippen LogP contribution in [0.1, 0.15) is 78.1 Å². The number of aliphatic hydroxyl groups is 6. The molecule has 0 bridgehead atoms. The quantitative estimate of drug-likeness (QED) is 0.128. The third-order valence-electron chi connectivity index (χ3n) is 13.6. The number of rotatable bonds is 6. The number of carbonyl (C=O) groups excluding carboxylic acids is 2. The summed E-state index contributed by atoms with van der Waals surface area (Å²) in [6.45, 7) is 3.86. The van der Waals surface area contributed by atoms with Gasteiger partial charge in [0.15, 0.2) is 12.6 Å². The average molecular weight is 667 g/mol. The molecule has 0 aromatic rings. The summed E-state index contributed by atoms with van der Waals surface area (Å²) in [5.74, 6) is -0.635. The van der Waals surface area contributed by atoms with E-state index in [4.69, 9.17) is 23.7 Å². The van der Waals surface area contributed by atoms with Crippen molar-refractivity contribution in [3.05, 3.63) is 11.6 Å². The van der Waals surface area contributed by atoms with Crippen LogP contribution in [-0.2, 0) is 33.3 Å². The Bertz CT molecular complexity index is 1250. The highest BCUT2D eigenvalue weighted by Gasteiger charge is 2.71. The lowest BCUT2D eigenvalue weighted by Crippen LogP contribution is -2.69. The number of ether oxygens (including phenoxy) is 5. The molecule has 13 nitrogen and oxygen atoms in total. The van der Waals surface area contributed by atoms with E-state index in [0.717, 1.165) is 18.3 Å². The fraction of sp³-hybridized carbons (Fsp3) is 0.882. The number of esters is 1. The molecule has 7 rings (SSSR count). The van der Waals surface area contributed by atoms with Gasteiger partial charge in [-0.25, -0.2) is 4.79 Å². The Balaban J connectivity index is 1.01. The molecule has 4 aliphatic carbocycles. The van der Waals surface area contributed by atoms with E-state index in [1.54, 1.807) is 13.0 Å². The van der Waals surface area contributed by atoms with E-state index in [1.807, 2.05) is 0 Å². The molecule has 264 valence electrons. The lowest BCUT2D eigenvalue weighted by molar-refractivity contribution is -0.331. The molecule has 0 aromatic heterocycles. The van der Waals surface area contributed by atoms with Crippen LogP contribution in [0.15, 0.2) is 11.6 Å². The van der Waals surface area contributed by atoms with Crippen LogP contribution < -0.4 is 0 Å². The van der Waals surface area contributed by atoms with Crippen LogP contribution in [0.5, 0.6) is 0 Å². The van der Waals surface area contributed by atoms with Crippen LogP contribution in [0.25, 0.3) is 0 Å². The summed E-state index contributed by atoms with van der Waals surface area (Å²) >= 11 is 0. The van der Waals surface area contributed by atoms with Crippen LogP contribution in [0, 0.1) is 28.6 Å². The molecule has 3 aliphatic heterocycles. The van der Waals surface area contributed by atoms with Gasteiger partial charge in [0.1, 0.15) is 37.3 Å². The lowest BCUT2D eigenvalue weighted by Gasteiger charge is -2.65. The maximum absolute atomic E-state index is 13.1. The average Bonchev–Trinajstić information content (AvgIpc) is 3.57. The summed E-state index contributed by atoms with van der Waals surface area (Å²) in [4.78, 5) is 25.0. The molecule has 0 spiro atoms. The molecule has 4 saturated carbocycles. The number of hydrogen-bond donors (Lipinski definition) is 6.